The lowest BCUT2D eigenvalue weighted by Gasteiger charge is -2.32. The average Bonchev–Trinajstić information content (AvgIpc) is 2.19. The summed E-state index contributed by atoms with van der Waals surface area (Å²) in [4.78, 5) is 12.7. The molecule has 0 aliphatic carbocycles. The third-order valence-corrected chi connectivity index (χ3v) is 2.98. The molecule has 0 aromatic carbocycles. The standard InChI is InChI=1S/C11H21NO/c1-2-11-6-5-8-12(10-11)7-3-4-9-13/h9,11H,2-8,10H2,1H3/t11-/m1/s1. The minimum Gasteiger partial charge on any atom is -0.303 e. The first-order valence-corrected chi connectivity index (χ1v) is 5.52. The molecule has 0 unspecified atom stereocenters. The fourth-order valence-electron chi connectivity index (χ4n) is 2.09. The maximum atomic E-state index is 10.1. The highest BCUT2D eigenvalue weighted by Gasteiger charge is 2.17. The first kappa shape index (κ1) is 10.7. The Morgan fingerprint density at radius 1 is 1.54 bits per heavy atom. The molecular formula is C11H21NO. The smallest absolute Gasteiger partial charge is 0.120 e. The normalized spacial score (nSPS) is 24.5. The number of piperidine rings is 1. The molecule has 1 heterocycles. The third-order valence-electron chi connectivity index (χ3n) is 2.98. The highest BCUT2D eigenvalue weighted by atomic mass is 16.1. The van der Waals surface area contributed by atoms with Crippen LogP contribution < -0.4 is 0 Å². The van der Waals surface area contributed by atoms with Gasteiger partial charge in [0.05, 0.1) is 0 Å². The molecule has 1 rings (SSSR count). The molecular weight excluding hydrogens is 162 g/mol. The fourth-order valence-corrected chi connectivity index (χ4v) is 2.09. The molecule has 0 bridgehead atoms. The average molecular weight is 183 g/mol. The largest absolute Gasteiger partial charge is 0.303 e. The molecule has 1 aliphatic heterocycles. The predicted molar refractivity (Wildman–Crippen MR) is 54.8 cm³/mol. The summed E-state index contributed by atoms with van der Waals surface area (Å²) < 4.78 is 0. The first-order chi connectivity index (χ1) is 6.36. The van der Waals surface area contributed by atoms with Crippen molar-refractivity contribution >= 4 is 6.29 Å². The zero-order chi connectivity index (χ0) is 9.52. The van der Waals surface area contributed by atoms with Gasteiger partial charge in [0.15, 0.2) is 0 Å². The van der Waals surface area contributed by atoms with Crippen molar-refractivity contribution in [3.8, 4) is 0 Å². The summed E-state index contributed by atoms with van der Waals surface area (Å²) in [6, 6.07) is 0. The Morgan fingerprint density at radius 2 is 2.38 bits per heavy atom. The van der Waals surface area contributed by atoms with Crippen molar-refractivity contribution in [3.63, 3.8) is 0 Å². The molecule has 0 saturated carbocycles. The number of carbonyl (C=O) groups is 1. The lowest BCUT2D eigenvalue weighted by molar-refractivity contribution is -0.108. The fraction of sp³-hybridized carbons (Fsp3) is 0.909. The van der Waals surface area contributed by atoms with Gasteiger partial charge in [-0.3, -0.25) is 0 Å². The van der Waals surface area contributed by atoms with Crippen molar-refractivity contribution < 1.29 is 4.79 Å². The molecule has 1 fully saturated rings. The van der Waals surface area contributed by atoms with Crippen LogP contribution in [0.2, 0.25) is 0 Å². The second-order valence-corrected chi connectivity index (χ2v) is 4.03. The maximum Gasteiger partial charge on any atom is 0.120 e. The Kier molecular flexibility index (Phi) is 5.06. The van der Waals surface area contributed by atoms with Crippen molar-refractivity contribution in [1.82, 2.24) is 4.90 Å². The summed E-state index contributed by atoms with van der Waals surface area (Å²) in [7, 11) is 0. The Morgan fingerprint density at radius 3 is 3.08 bits per heavy atom. The number of nitrogens with zero attached hydrogens (tertiary/aromatic N) is 1. The van der Waals surface area contributed by atoms with Crippen LogP contribution in [0.1, 0.15) is 39.0 Å². The van der Waals surface area contributed by atoms with Crippen LogP contribution in [0.15, 0.2) is 0 Å². The Balaban J connectivity index is 2.14. The van der Waals surface area contributed by atoms with Gasteiger partial charge in [-0.15, -0.1) is 0 Å². The van der Waals surface area contributed by atoms with Gasteiger partial charge >= 0.3 is 0 Å². The number of hydrogen-bond acceptors (Lipinski definition) is 2. The lowest BCUT2D eigenvalue weighted by atomic mass is 9.95. The van der Waals surface area contributed by atoms with Crippen LogP contribution in [0.4, 0.5) is 0 Å². The zero-order valence-corrected chi connectivity index (χ0v) is 8.67. The Bertz CT molecular complexity index is 147. The van der Waals surface area contributed by atoms with Crippen LogP contribution in [0.3, 0.4) is 0 Å². The summed E-state index contributed by atoms with van der Waals surface area (Å²) in [5.74, 6) is 0.907. The van der Waals surface area contributed by atoms with Crippen LogP contribution in [0, 0.1) is 5.92 Å². The first-order valence-electron chi connectivity index (χ1n) is 5.52. The van der Waals surface area contributed by atoms with E-state index in [1.807, 2.05) is 0 Å². The topological polar surface area (TPSA) is 20.3 Å². The summed E-state index contributed by atoms with van der Waals surface area (Å²) in [6.07, 6.45) is 6.86. The van der Waals surface area contributed by atoms with E-state index in [-0.39, 0.29) is 0 Å². The number of aldehydes is 1. The predicted octanol–water partition coefficient (Wildman–Crippen LogP) is 2.09. The summed E-state index contributed by atoms with van der Waals surface area (Å²) >= 11 is 0. The monoisotopic (exact) mass is 183 g/mol. The molecule has 0 aromatic rings. The number of hydrogen-bond donors (Lipinski definition) is 0. The third kappa shape index (κ3) is 3.90. The van der Waals surface area contributed by atoms with Gasteiger partial charge in [-0.2, -0.15) is 0 Å². The SMILES string of the molecule is CC[C@@H]1CCCN(CCCC=O)C1. The molecule has 1 atom stereocenters. The van der Waals surface area contributed by atoms with E-state index in [2.05, 4.69) is 11.8 Å². The van der Waals surface area contributed by atoms with Gasteiger partial charge in [-0.25, -0.2) is 0 Å². The van der Waals surface area contributed by atoms with E-state index in [0.717, 1.165) is 31.6 Å². The Labute approximate surface area is 81.3 Å². The van der Waals surface area contributed by atoms with E-state index in [9.17, 15) is 4.79 Å². The molecule has 0 amide bonds. The van der Waals surface area contributed by atoms with Crippen LogP contribution in [0.5, 0.6) is 0 Å². The van der Waals surface area contributed by atoms with E-state index in [0.29, 0.717) is 0 Å². The van der Waals surface area contributed by atoms with E-state index in [1.54, 1.807) is 0 Å². The lowest BCUT2D eigenvalue weighted by Crippen LogP contribution is -2.35. The molecule has 1 aliphatic rings. The Hall–Kier alpha value is -0.370. The molecule has 2 nitrogen and oxygen atoms in total. The second kappa shape index (κ2) is 6.14. The van der Waals surface area contributed by atoms with Gasteiger partial charge in [0, 0.05) is 13.0 Å². The minimum absolute atomic E-state index is 0.729. The molecule has 0 N–H and O–H groups in total. The summed E-state index contributed by atoms with van der Waals surface area (Å²) in [5.41, 5.74) is 0. The second-order valence-electron chi connectivity index (χ2n) is 4.03. The summed E-state index contributed by atoms with van der Waals surface area (Å²) in [5, 5.41) is 0. The van der Waals surface area contributed by atoms with E-state index >= 15 is 0 Å². The van der Waals surface area contributed by atoms with Gasteiger partial charge in [-0.1, -0.05) is 13.3 Å². The number of rotatable bonds is 5. The molecule has 0 radical (unpaired) electrons. The van der Waals surface area contributed by atoms with Crippen molar-refractivity contribution in [2.24, 2.45) is 5.92 Å². The highest BCUT2D eigenvalue weighted by molar-refractivity contribution is 5.48. The maximum absolute atomic E-state index is 10.1. The van der Waals surface area contributed by atoms with Crippen molar-refractivity contribution in [2.45, 2.75) is 39.0 Å². The molecule has 13 heavy (non-hydrogen) atoms. The van der Waals surface area contributed by atoms with Gasteiger partial charge < -0.3 is 9.69 Å². The van der Waals surface area contributed by atoms with Crippen molar-refractivity contribution in [2.75, 3.05) is 19.6 Å². The van der Waals surface area contributed by atoms with E-state index < -0.39 is 0 Å². The molecule has 76 valence electrons. The van der Waals surface area contributed by atoms with Crippen molar-refractivity contribution in [3.05, 3.63) is 0 Å². The highest BCUT2D eigenvalue weighted by Crippen LogP contribution is 2.19. The van der Waals surface area contributed by atoms with Crippen LogP contribution in [-0.4, -0.2) is 30.8 Å². The number of likely N-dealkylation sites (tertiary alicyclic amines) is 1. The summed E-state index contributed by atoms with van der Waals surface area (Å²) in [6.45, 7) is 5.90. The van der Waals surface area contributed by atoms with Crippen LogP contribution in [-0.2, 0) is 4.79 Å². The molecule has 0 aromatic heterocycles. The van der Waals surface area contributed by atoms with E-state index in [4.69, 9.17) is 0 Å². The van der Waals surface area contributed by atoms with E-state index in [1.165, 1.54) is 32.4 Å². The van der Waals surface area contributed by atoms with Gasteiger partial charge in [-0.05, 0) is 38.3 Å². The van der Waals surface area contributed by atoms with Crippen LogP contribution in [0.25, 0.3) is 0 Å². The van der Waals surface area contributed by atoms with Crippen LogP contribution >= 0.6 is 0 Å². The van der Waals surface area contributed by atoms with Gasteiger partial charge in [0.25, 0.3) is 0 Å². The van der Waals surface area contributed by atoms with Gasteiger partial charge in [0.2, 0.25) is 0 Å². The van der Waals surface area contributed by atoms with Crippen molar-refractivity contribution in [1.29, 1.82) is 0 Å². The minimum atomic E-state index is 0.729. The number of unbranched alkanes of at least 4 members (excludes halogenated alkanes) is 1. The number of carbonyl (C=O) groups excluding carboxylic acids is 1. The molecule has 2 heteroatoms. The molecule has 1 saturated heterocycles. The quantitative estimate of drug-likeness (QED) is 0.480. The zero-order valence-electron chi connectivity index (χ0n) is 8.67. The van der Waals surface area contributed by atoms with Gasteiger partial charge in [0.1, 0.15) is 6.29 Å². The molecule has 0 spiro atoms.